The van der Waals surface area contributed by atoms with Crippen molar-refractivity contribution < 1.29 is 24.2 Å². The van der Waals surface area contributed by atoms with Gasteiger partial charge in [0.2, 0.25) is 0 Å². The van der Waals surface area contributed by atoms with E-state index < -0.39 is 24.0 Å². The van der Waals surface area contributed by atoms with Gasteiger partial charge in [-0.25, -0.2) is 14.4 Å². The van der Waals surface area contributed by atoms with Crippen LogP contribution in [0.2, 0.25) is 0 Å². The van der Waals surface area contributed by atoms with Crippen LogP contribution in [0.3, 0.4) is 0 Å². The summed E-state index contributed by atoms with van der Waals surface area (Å²) >= 11 is 0. The van der Waals surface area contributed by atoms with Crippen LogP contribution < -0.4 is 10.2 Å². The van der Waals surface area contributed by atoms with E-state index in [1.807, 2.05) is 30.3 Å². The molecule has 28 heavy (non-hydrogen) atoms. The van der Waals surface area contributed by atoms with Crippen LogP contribution in [0.15, 0.2) is 65.9 Å². The van der Waals surface area contributed by atoms with Crippen LogP contribution in [0.4, 0.5) is 10.5 Å². The molecule has 1 atom stereocenters. The van der Waals surface area contributed by atoms with Crippen LogP contribution in [-0.2, 0) is 9.53 Å². The molecular formula is C21H20N2O5. The number of amides is 2. The summed E-state index contributed by atoms with van der Waals surface area (Å²) in [5.41, 5.74) is 2.08. The first-order valence-electron chi connectivity index (χ1n) is 8.80. The molecule has 0 fully saturated rings. The largest absolute Gasteiger partial charge is 0.478 e. The van der Waals surface area contributed by atoms with E-state index in [4.69, 9.17) is 9.84 Å². The normalized spacial score (nSPS) is 16.6. The van der Waals surface area contributed by atoms with Gasteiger partial charge in [0.05, 0.1) is 29.5 Å². The molecule has 0 saturated carbocycles. The Morgan fingerprint density at radius 1 is 1.11 bits per heavy atom. The predicted octanol–water partition coefficient (Wildman–Crippen LogP) is 3.49. The lowest BCUT2D eigenvalue weighted by Crippen LogP contribution is -2.48. The maximum absolute atomic E-state index is 12.8. The quantitative estimate of drug-likeness (QED) is 0.774. The molecule has 2 aromatic carbocycles. The van der Waals surface area contributed by atoms with E-state index in [0.717, 1.165) is 5.56 Å². The van der Waals surface area contributed by atoms with Crippen molar-refractivity contribution in [2.75, 3.05) is 11.5 Å². The van der Waals surface area contributed by atoms with Gasteiger partial charge in [-0.2, -0.15) is 0 Å². The topological polar surface area (TPSA) is 95.9 Å². The number of carboxylic acids is 1. The first-order chi connectivity index (χ1) is 13.4. The number of rotatable bonds is 5. The summed E-state index contributed by atoms with van der Waals surface area (Å²) in [5, 5.41) is 11.9. The second kappa shape index (κ2) is 7.96. The highest BCUT2D eigenvalue weighted by Crippen LogP contribution is 2.34. The Kier molecular flexibility index (Phi) is 5.44. The highest BCUT2D eigenvalue weighted by atomic mass is 16.5. The van der Waals surface area contributed by atoms with Crippen LogP contribution in [-0.4, -0.2) is 29.7 Å². The number of aromatic carboxylic acids is 1. The van der Waals surface area contributed by atoms with Crippen LogP contribution in [0.25, 0.3) is 0 Å². The SMILES string of the molecule is CCOC(=O)C1=C(C)N(c2ccc(C(=O)O)cc2)C(=O)N[C@H]1c1ccccc1. The number of allylic oxidation sites excluding steroid dienone is 1. The van der Waals surface area contributed by atoms with Crippen molar-refractivity contribution in [2.24, 2.45) is 0 Å². The Morgan fingerprint density at radius 3 is 2.32 bits per heavy atom. The number of carboxylic acid groups (broad SMARTS) is 1. The fourth-order valence-electron chi connectivity index (χ4n) is 3.18. The van der Waals surface area contributed by atoms with Crippen LogP contribution in [0.1, 0.15) is 35.8 Å². The van der Waals surface area contributed by atoms with Gasteiger partial charge in [-0.1, -0.05) is 30.3 Å². The number of ether oxygens (including phenoxy) is 1. The Hall–Kier alpha value is -3.61. The van der Waals surface area contributed by atoms with Gasteiger partial charge in [-0.15, -0.1) is 0 Å². The summed E-state index contributed by atoms with van der Waals surface area (Å²) in [7, 11) is 0. The van der Waals surface area contributed by atoms with Gasteiger partial charge in [-0.05, 0) is 43.7 Å². The summed E-state index contributed by atoms with van der Waals surface area (Å²) in [6.07, 6.45) is 0. The number of nitrogens with one attached hydrogen (secondary N) is 1. The monoisotopic (exact) mass is 380 g/mol. The molecule has 7 heteroatoms. The van der Waals surface area contributed by atoms with Crippen molar-refractivity contribution in [3.8, 4) is 0 Å². The molecule has 2 aromatic rings. The van der Waals surface area contributed by atoms with E-state index in [1.165, 1.54) is 29.2 Å². The summed E-state index contributed by atoms with van der Waals surface area (Å²) in [6.45, 7) is 3.60. The molecule has 0 saturated heterocycles. The average Bonchev–Trinajstić information content (AvgIpc) is 2.68. The third kappa shape index (κ3) is 3.59. The van der Waals surface area contributed by atoms with Gasteiger partial charge in [0.25, 0.3) is 0 Å². The van der Waals surface area contributed by atoms with Gasteiger partial charge in [0, 0.05) is 5.70 Å². The van der Waals surface area contributed by atoms with Crippen molar-refractivity contribution in [3.63, 3.8) is 0 Å². The second-order valence-corrected chi connectivity index (χ2v) is 6.20. The van der Waals surface area contributed by atoms with E-state index in [1.54, 1.807) is 13.8 Å². The van der Waals surface area contributed by atoms with Crippen molar-refractivity contribution in [1.82, 2.24) is 5.32 Å². The number of nitrogens with zero attached hydrogens (tertiary/aromatic N) is 1. The molecule has 1 heterocycles. The Morgan fingerprint density at radius 2 is 1.75 bits per heavy atom. The highest BCUT2D eigenvalue weighted by molar-refractivity contribution is 6.03. The molecule has 0 aliphatic carbocycles. The minimum absolute atomic E-state index is 0.107. The van der Waals surface area contributed by atoms with Crippen molar-refractivity contribution in [1.29, 1.82) is 0 Å². The lowest BCUT2D eigenvalue weighted by atomic mass is 9.94. The molecule has 2 amide bonds. The number of carbonyl (C=O) groups is 3. The zero-order valence-corrected chi connectivity index (χ0v) is 15.5. The molecule has 0 radical (unpaired) electrons. The summed E-state index contributed by atoms with van der Waals surface area (Å²) in [6, 6.07) is 14.0. The molecule has 7 nitrogen and oxygen atoms in total. The summed E-state index contributed by atoms with van der Waals surface area (Å²) in [4.78, 5) is 37.9. The second-order valence-electron chi connectivity index (χ2n) is 6.20. The van der Waals surface area contributed by atoms with Crippen molar-refractivity contribution in [2.45, 2.75) is 19.9 Å². The summed E-state index contributed by atoms with van der Waals surface area (Å²) < 4.78 is 5.22. The molecule has 0 unspecified atom stereocenters. The van der Waals surface area contributed by atoms with E-state index in [9.17, 15) is 14.4 Å². The number of benzene rings is 2. The third-order valence-electron chi connectivity index (χ3n) is 4.49. The van der Waals surface area contributed by atoms with Gasteiger partial charge in [0.15, 0.2) is 0 Å². The minimum atomic E-state index is -1.06. The first-order valence-corrected chi connectivity index (χ1v) is 8.80. The number of hydrogen-bond donors (Lipinski definition) is 2. The molecular weight excluding hydrogens is 360 g/mol. The molecule has 3 rings (SSSR count). The molecule has 0 aromatic heterocycles. The minimum Gasteiger partial charge on any atom is -0.478 e. The van der Waals surface area contributed by atoms with Gasteiger partial charge >= 0.3 is 18.0 Å². The fourth-order valence-corrected chi connectivity index (χ4v) is 3.18. The maximum atomic E-state index is 12.8. The van der Waals surface area contributed by atoms with Gasteiger partial charge in [0.1, 0.15) is 0 Å². The molecule has 2 N–H and O–H groups in total. The lowest BCUT2D eigenvalue weighted by molar-refractivity contribution is -0.139. The Bertz CT molecular complexity index is 935. The van der Waals surface area contributed by atoms with Crippen molar-refractivity contribution in [3.05, 3.63) is 77.0 Å². The third-order valence-corrected chi connectivity index (χ3v) is 4.49. The highest BCUT2D eigenvalue weighted by Gasteiger charge is 2.37. The van der Waals surface area contributed by atoms with Crippen LogP contribution >= 0.6 is 0 Å². The zero-order valence-electron chi connectivity index (χ0n) is 15.5. The average molecular weight is 380 g/mol. The molecule has 1 aliphatic rings. The lowest BCUT2D eigenvalue weighted by Gasteiger charge is -2.35. The molecule has 144 valence electrons. The smallest absolute Gasteiger partial charge is 0.338 e. The van der Waals surface area contributed by atoms with Gasteiger partial charge in [-0.3, -0.25) is 4.90 Å². The van der Waals surface area contributed by atoms with Crippen molar-refractivity contribution >= 4 is 23.7 Å². The number of carbonyl (C=O) groups excluding carboxylic acids is 2. The number of anilines is 1. The zero-order chi connectivity index (χ0) is 20.3. The van der Waals surface area contributed by atoms with E-state index in [-0.39, 0.29) is 12.2 Å². The predicted molar refractivity (Wildman–Crippen MR) is 103 cm³/mol. The van der Waals surface area contributed by atoms with Gasteiger partial charge < -0.3 is 15.2 Å². The first kappa shape index (κ1) is 19.2. The van der Waals surface area contributed by atoms with E-state index in [0.29, 0.717) is 17.0 Å². The Balaban J connectivity index is 2.09. The number of esters is 1. The van der Waals surface area contributed by atoms with Crippen LogP contribution in [0, 0.1) is 0 Å². The molecule has 0 spiro atoms. The molecule has 1 aliphatic heterocycles. The van der Waals surface area contributed by atoms with E-state index in [2.05, 4.69) is 5.32 Å². The number of urea groups is 1. The molecule has 0 bridgehead atoms. The van der Waals surface area contributed by atoms with Crippen LogP contribution in [0.5, 0.6) is 0 Å². The summed E-state index contributed by atoms with van der Waals surface area (Å²) in [5.74, 6) is -1.57. The number of hydrogen-bond acceptors (Lipinski definition) is 4. The standard InChI is InChI=1S/C21H20N2O5/c1-3-28-20(26)17-13(2)23(16-11-9-15(10-12-16)19(24)25)21(27)22-18(17)14-7-5-4-6-8-14/h4-12,18H,3H2,1-2H3,(H,22,27)(H,24,25)/t18-/m0/s1. The maximum Gasteiger partial charge on any atom is 0.338 e. The Labute approximate surface area is 162 Å². The fraction of sp³-hybridized carbons (Fsp3) is 0.190. The van der Waals surface area contributed by atoms with E-state index >= 15 is 0 Å².